The molecule has 2 aromatic rings. The Labute approximate surface area is 127 Å². The summed E-state index contributed by atoms with van der Waals surface area (Å²) in [5.74, 6) is 2.77. The fourth-order valence-corrected chi connectivity index (χ4v) is 3.28. The van der Waals surface area contributed by atoms with Gasteiger partial charge in [0.05, 0.1) is 6.54 Å². The maximum atomic E-state index is 5.94. The van der Waals surface area contributed by atoms with Crippen molar-refractivity contribution >= 4 is 5.69 Å². The zero-order valence-electron chi connectivity index (χ0n) is 13.1. The number of benzene rings is 1. The van der Waals surface area contributed by atoms with Gasteiger partial charge in [0.1, 0.15) is 11.5 Å². The van der Waals surface area contributed by atoms with Crippen molar-refractivity contribution in [1.29, 1.82) is 0 Å². The maximum absolute atomic E-state index is 5.94. The predicted molar refractivity (Wildman–Crippen MR) is 86.6 cm³/mol. The number of nitrogens with one attached hydrogen (secondary N) is 1. The quantitative estimate of drug-likeness (QED) is 0.931. The van der Waals surface area contributed by atoms with E-state index in [2.05, 4.69) is 47.5 Å². The molecule has 1 aromatic carbocycles. The van der Waals surface area contributed by atoms with Gasteiger partial charge in [0, 0.05) is 24.3 Å². The van der Waals surface area contributed by atoms with Gasteiger partial charge >= 0.3 is 0 Å². The van der Waals surface area contributed by atoms with Crippen LogP contribution in [0.4, 0.5) is 5.69 Å². The third kappa shape index (κ3) is 2.98. The van der Waals surface area contributed by atoms with Gasteiger partial charge in [-0.1, -0.05) is 25.1 Å². The fraction of sp³-hybridized carbons (Fsp3) is 0.444. The van der Waals surface area contributed by atoms with Crippen LogP contribution >= 0.6 is 0 Å². The summed E-state index contributed by atoms with van der Waals surface area (Å²) in [6.07, 6.45) is 1.18. The van der Waals surface area contributed by atoms with Crippen molar-refractivity contribution in [3.05, 3.63) is 53.0 Å². The van der Waals surface area contributed by atoms with Gasteiger partial charge in [-0.05, 0) is 44.0 Å². The standard InChI is InChI=1S/C18H24N2O/c1-13-8-15-6-4-5-7-18(15)20(11-13)12-17-9-16(10-19-3)14(2)21-17/h4-7,9,13,19H,8,10-12H2,1-3H3. The van der Waals surface area contributed by atoms with Crippen LogP contribution in [0.3, 0.4) is 0 Å². The largest absolute Gasteiger partial charge is 0.464 e. The maximum Gasteiger partial charge on any atom is 0.123 e. The summed E-state index contributed by atoms with van der Waals surface area (Å²) in [5, 5.41) is 3.19. The number of rotatable bonds is 4. The molecule has 0 saturated carbocycles. The number of furan rings is 1. The Kier molecular flexibility index (Phi) is 4.02. The van der Waals surface area contributed by atoms with Crippen molar-refractivity contribution < 1.29 is 4.42 Å². The van der Waals surface area contributed by atoms with Crippen LogP contribution in [0.1, 0.15) is 29.6 Å². The van der Waals surface area contributed by atoms with Crippen LogP contribution in [0.25, 0.3) is 0 Å². The highest BCUT2D eigenvalue weighted by molar-refractivity contribution is 5.55. The third-order valence-electron chi connectivity index (χ3n) is 4.22. The molecule has 0 aliphatic carbocycles. The Morgan fingerprint density at radius 3 is 2.95 bits per heavy atom. The first-order valence-electron chi connectivity index (χ1n) is 7.73. The zero-order valence-corrected chi connectivity index (χ0v) is 13.1. The van der Waals surface area contributed by atoms with E-state index in [-0.39, 0.29) is 0 Å². The summed E-state index contributed by atoms with van der Waals surface area (Å²) >= 11 is 0. The normalized spacial score (nSPS) is 17.9. The molecule has 0 radical (unpaired) electrons. The summed E-state index contributed by atoms with van der Waals surface area (Å²) in [6.45, 7) is 7.18. The molecule has 0 bridgehead atoms. The van der Waals surface area contributed by atoms with E-state index in [0.717, 1.165) is 31.2 Å². The molecule has 1 unspecified atom stereocenters. The Morgan fingerprint density at radius 1 is 1.33 bits per heavy atom. The third-order valence-corrected chi connectivity index (χ3v) is 4.22. The topological polar surface area (TPSA) is 28.4 Å². The summed E-state index contributed by atoms with van der Waals surface area (Å²) in [6, 6.07) is 10.9. The second-order valence-corrected chi connectivity index (χ2v) is 6.14. The molecule has 3 heteroatoms. The predicted octanol–water partition coefficient (Wildman–Crippen LogP) is 3.51. The first-order chi connectivity index (χ1) is 10.2. The molecule has 21 heavy (non-hydrogen) atoms. The Bertz CT molecular complexity index is 617. The molecule has 112 valence electrons. The molecule has 0 saturated heterocycles. The molecule has 1 N–H and O–H groups in total. The Morgan fingerprint density at radius 2 is 2.14 bits per heavy atom. The molecule has 1 aliphatic rings. The highest BCUT2D eigenvalue weighted by Gasteiger charge is 2.22. The van der Waals surface area contributed by atoms with Crippen molar-refractivity contribution in [3.63, 3.8) is 0 Å². The lowest BCUT2D eigenvalue weighted by atomic mass is 9.94. The van der Waals surface area contributed by atoms with Crippen molar-refractivity contribution in [2.24, 2.45) is 5.92 Å². The van der Waals surface area contributed by atoms with Gasteiger partial charge in [-0.15, -0.1) is 0 Å². The van der Waals surface area contributed by atoms with Crippen LogP contribution in [-0.2, 0) is 19.5 Å². The molecule has 1 aliphatic heterocycles. The van der Waals surface area contributed by atoms with Gasteiger partial charge in [-0.3, -0.25) is 0 Å². The van der Waals surface area contributed by atoms with Crippen LogP contribution in [0.2, 0.25) is 0 Å². The lowest BCUT2D eigenvalue weighted by Crippen LogP contribution is -2.33. The monoisotopic (exact) mass is 284 g/mol. The number of aryl methyl sites for hydroxylation is 1. The van der Waals surface area contributed by atoms with Crippen molar-refractivity contribution in [3.8, 4) is 0 Å². The van der Waals surface area contributed by atoms with E-state index in [4.69, 9.17) is 4.42 Å². The molecular formula is C18H24N2O. The van der Waals surface area contributed by atoms with E-state index in [1.165, 1.54) is 23.2 Å². The van der Waals surface area contributed by atoms with Gasteiger partial charge in [-0.25, -0.2) is 0 Å². The molecule has 3 nitrogen and oxygen atoms in total. The van der Waals surface area contributed by atoms with Crippen molar-refractivity contribution in [2.75, 3.05) is 18.5 Å². The van der Waals surface area contributed by atoms with Crippen LogP contribution in [0.5, 0.6) is 0 Å². The number of hydrogen-bond acceptors (Lipinski definition) is 3. The van der Waals surface area contributed by atoms with E-state index in [1.54, 1.807) is 0 Å². The lowest BCUT2D eigenvalue weighted by molar-refractivity contribution is 0.456. The smallest absolute Gasteiger partial charge is 0.123 e. The first kappa shape index (κ1) is 14.2. The average molecular weight is 284 g/mol. The molecular weight excluding hydrogens is 260 g/mol. The van der Waals surface area contributed by atoms with Crippen LogP contribution in [0, 0.1) is 12.8 Å². The van der Waals surface area contributed by atoms with E-state index in [1.807, 2.05) is 14.0 Å². The van der Waals surface area contributed by atoms with Gasteiger partial charge in [0.2, 0.25) is 0 Å². The number of nitrogens with zero attached hydrogens (tertiary/aromatic N) is 1. The number of para-hydroxylation sites is 1. The Hall–Kier alpha value is -1.74. The van der Waals surface area contributed by atoms with E-state index >= 15 is 0 Å². The average Bonchev–Trinajstić information content (AvgIpc) is 2.79. The number of anilines is 1. The van der Waals surface area contributed by atoms with Crippen LogP contribution in [0.15, 0.2) is 34.7 Å². The van der Waals surface area contributed by atoms with Gasteiger partial charge in [0.15, 0.2) is 0 Å². The minimum atomic E-state index is 0.688. The summed E-state index contributed by atoms with van der Waals surface area (Å²) in [7, 11) is 1.97. The molecule has 2 heterocycles. The van der Waals surface area contributed by atoms with Gasteiger partial charge in [0.25, 0.3) is 0 Å². The molecule has 1 aromatic heterocycles. The molecule has 0 fully saturated rings. The Balaban J connectivity index is 1.83. The van der Waals surface area contributed by atoms with Crippen LogP contribution < -0.4 is 10.2 Å². The lowest BCUT2D eigenvalue weighted by Gasteiger charge is -2.34. The molecule has 0 spiro atoms. The minimum Gasteiger partial charge on any atom is -0.464 e. The minimum absolute atomic E-state index is 0.688. The second kappa shape index (κ2) is 5.94. The van der Waals surface area contributed by atoms with Crippen LogP contribution in [-0.4, -0.2) is 13.6 Å². The summed E-state index contributed by atoms with van der Waals surface area (Å²) in [4.78, 5) is 2.45. The molecule has 1 atom stereocenters. The van der Waals surface area contributed by atoms with E-state index in [9.17, 15) is 0 Å². The van der Waals surface area contributed by atoms with Crippen molar-refractivity contribution in [1.82, 2.24) is 5.32 Å². The highest BCUT2D eigenvalue weighted by Crippen LogP contribution is 2.31. The first-order valence-corrected chi connectivity index (χ1v) is 7.73. The van der Waals surface area contributed by atoms with Crippen molar-refractivity contribution in [2.45, 2.75) is 33.4 Å². The zero-order chi connectivity index (χ0) is 14.8. The second-order valence-electron chi connectivity index (χ2n) is 6.14. The molecule has 3 rings (SSSR count). The molecule has 0 amide bonds. The fourth-order valence-electron chi connectivity index (χ4n) is 3.28. The van der Waals surface area contributed by atoms with E-state index in [0.29, 0.717) is 5.92 Å². The van der Waals surface area contributed by atoms with E-state index < -0.39 is 0 Å². The van der Waals surface area contributed by atoms with Gasteiger partial charge < -0.3 is 14.6 Å². The van der Waals surface area contributed by atoms with Gasteiger partial charge in [-0.2, -0.15) is 0 Å². The highest BCUT2D eigenvalue weighted by atomic mass is 16.3. The SMILES string of the molecule is CNCc1cc(CN2CC(C)Cc3ccccc32)oc1C. The number of fused-ring (bicyclic) bond motifs is 1. The summed E-state index contributed by atoms with van der Waals surface area (Å²) in [5.41, 5.74) is 4.07. The number of hydrogen-bond donors (Lipinski definition) is 1. The summed E-state index contributed by atoms with van der Waals surface area (Å²) < 4.78 is 5.94.